The number of rotatable bonds is 4. The van der Waals surface area contributed by atoms with Gasteiger partial charge < -0.3 is 19.8 Å². The van der Waals surface area contributed by atoms with Gasteiger partial charge in [0.25, 0.3) is 0 Å². The molecule has 0 amide bonds. The Balaban J connectivity index is 1.41. The number of pyridine rings is 2. The van der Waals surface area contributed by atoms with Crippen LogP contribution in [0.25, 0.3) is 22.3 Å². The van der Waals surface area contributed by atoms with Gasteiger partial charge in [0.15, 0.2) is 0 Å². The second-order valence-electron chi connectivity index (χ2n) is 8.78. The van der Waals surface area contributed by atoms with Crippen molar-refractivity contribution in [3.63, 3.8) is 0 Å². The van der Waals surface area contributed by atoms with E-state index in [-0.39, 0.29) is 6.04 Å². The third-order valence-corrected chi connectivity index (χ3v) is 6.75. The lowest BCUT2D eigenvalue weighted by atomic mass is 9.88. The van der Waals surface area contributed by atoms with Gasteiger partial charge in [0.2, 0.25) is 0 Å². The number of H-pyrrole nitrogens is 1. The van der Waals surface area contributed by atoms with Crippen molar-refractivity contribution in [3.8, 4) is 11.3 Å². The third-order valence-electron chi connectivity index (χ3n) is 6.75. The van der Waals surface area contributed by atoms with Gasteiger partial charge in [-0.2, -0.15) is 0 Å². The minimum Gasteiger partial charge on any atom is -0.381 e. The van der Waals surface area contributed by atoms with Crippen molar-refractivity contribution < 1.29 is 9.47 Å². The maximum atomic E-state index is 5.78. The van der Waals surface area contributed by atoms with E-state index in [4.69, 9.17) is 19.4 Å². The number of ether oxygens (including phenoxy) is 2. The fourth-order valence-electron chi connectivity index (χ4n) is 4.92. The average molecular weight is 405 g/mol. The molecule has 3 aromatic heterocycles. The summed E-state index contributed by atoms with van der Waals surface area (Å²) in [6, 6.07) is 6.86. The lowest BCUT2D eigenvalue weighted by molar-refractivity contribution is 0.0727. The quantitative estimate of drug-likeness (QED) is 0.686. The molecule has 2 N–H and O–H groups in total. The monoisotopic (exact) mass is 404 g/mol. The highest BCUT2D eigenvalue weighted by atomic mass is 16.5. The Hall–Kier alpha value is -2.28. The van der Waals surface area contributed by atoms with Crippen molar-refractivity contribution in [1.82, 2.24) is 20.3 Å². The van der Waals surface area contributed by atoms with Gasteiger partial charge in [-0.1, -0.05) is 6.07 Å². The molecule has 6 nitrogen and oxygen atoms in total. The SMILES string of the molecule is c1nc2[nH]cc(C3CC3)c2cc1-c1ccc(C2CCOCC2)c([C@H]2COCCN2)n1. The highest BCUT2D eigenvalue weighted by molar-refractivity contribution is 5.85. The van der Waals surface area contributed by atoms with Gasteiger partial charge in [-0.3, -0.25) is 4.98 Å². The third kappa shape index (κ3) is 3.43. The molecular formula is C24H28N4O2. The number of morpholine rings is 1. The number of nitrogens with one attached hydrogen (secondary N) is 2. The lowest BCUT2D eigenvalue weighted by Gasteiger charge is -2.29. The molecule has 2 aliphatic heterocycles. The molecule has 6 heteroatoms. The fourth-order valence-corrected chi connectivity index (χ4v) is 4.92. The Morgan fingerprint density at radius 2 is 1.80 bits per heavy atom. The summed E-state index contributed by atoms with van der Waals surface area (Å²) < 4.78 is 11.4. The maximum absolute atomic E-state index is 5.78. The Morgan fingerprint density at radius 1 is 0.933 bits per heavy atom. The van der Waals surface area contributed by atoms with Crippen LogP contribution in [-0.4, -0.2) is 47.9 Å². The van der Waals surface area contributed by atoms with E-state index in [1.165, 1.54) is 29.4 Å². The first-order valence-electron chi connectivity index (χ1n) is 11.2. The van der Waals surface area contributed by atoms with Crippen molar-refractivity contribution in [2.24, 2.45) is 0 Å². The Morgan fingerprint density at radius 3 is 2.60 bits per heavy atom. The van der Waals surface area contributed by atoms with Crippen molar-refractivity contribution in [1.29, 1.82) is 0 Å². The Kier molecular flexibility index (Phi) is 4.78. The number of nitrogens with zero attached hydrogens (tertiary/aromatic N) is 2. The normalized spacial score (nSPS) is 23.1. The molecule has 30 heavy (non-hydrogen) atoms. The molecule has 0 aromatic carbocycles. The van der Waals surface area contributed by atoms with Gasteiger partial charge in [-0.15, -0.1) is 0 Å². The predicted molar refractivity (Wildman–Crippen MR) is 116 cm³/mol. The molecule has 0 radical (unpaired) electrons. The van der Waals surface area contributed by atoms with Crippen molar-refractivity contribution in [2.45, 2.75) is 43.6 Å². The van der Waals surface area contributed by atoms with E-state index in [0.717, 1.165) is 61.8 Å². The summed E-state index contributed by atoms with van der Waals surface area (Å²) in [5.41, 5.74) is 6.93. The molecule has 5 heterocycles. The van der Waals surface area contributed by atoms with Gasteiger partial charge in [0.1, 0.15) is 5.65 Å². The second-order valence-corrected chi connectivity index (χ2v) is 8.78. The van der Waals surface area contributed by atoms with Crippen molar-refractivity contribution in [3.05, 3.63) is 47.4 Å². The van der Waals surface area contributed by atoms with Gasteiger partial charge in [0.05, 0.1) is 30.6 Å². The van der Waals surface area contributed by atoms with Crippen LogP contribution in [0.2, 0.25) is 0 Å². The first-order chi connectivity index (χ1) is 14.9. The molecule has 3 fully saturated rings. The zero-order valence-electron chi connectivity index (χ0n) is 17.2. The Bertz CT molecular complexity index is 1050. The van der Waals surface area contributed by atoms with Gasteiger partial charge in [0, 0.05) is 43.1 Å². The zero-order chi connectivity index (χ0) is 19.9. The van der Waals surface area contributed by atoms with E-state index >= 15 is 0 Å². The Labute approximate surface area is 176 Å². The first-order valence-corrected chi connectivity index (χ1v) is 11.2. The number of aromatic nitrogens is 3. The predicted octanol–water partition coefficient (Wildman–Crippen LogP) is 4.06. The molecule has 0 bridgehead atoms. The van der Waals surface area contributed by atoms with Crippen LogP contribution in [0.4, 0.5) is 0 Å². The van der Waals surface area contributed by atoms with Crippen LogP contribution in [0.1, 0.15) is 60.4 Å². The molecular weight excluding hydrogens is 376 g/mol. The minimum absolute atomic E-state index is 0.141. The lowest BCUT2D eigenvalue weighted by Crippen LogP contribution is -2.36. The summed E-state index contributed by atoms with van der Waals surface area (Å²) in [4.78, 5) is 13.2. The molecule has 3 aliphatic rings. The van der Waals surface area contributed by atoms with Crippen LogP contribution in [0.15, 0.2) is 30.6 Å². The largest absolute Gasteiger partial charge is 0.381 e. The standard InChI is InChI=1S/C24H28N4O2/c1-2-15(1)20-13-27-24-19(20)11-17(12-26-24)21-4-3-18(16-5-8-29-9-6-16)23(28-21)22-14-30-10-7-25-22/h3-4,11-13,15-16,22,25H,1-2,5-10,14H2,(H,26,27)/t22-/m1/s1. The van der Waals surface area contributed by atoms with Crippen molar-refractivity contribution in [2.75, 3.05) is 33.0 Å². The summed E-state index contributed by atoms with van der Waals surface area (Å²) >= 11 is 0. The molecule has 1 atom stereocenters. The van der Waals surface area contributed by atoms with E-state index in [0.29, 0.717) is 18.4 Å². The smallest absolute Gasteiger partial charge is 0.137 e. The van der Waals surface area contributed by atoms with Gasteiger partial charge >= 0.3 is 0 Å². The molecule has 1 aliphatic carbocycles. The molecule has 3 aromatic rings. The fraction of sp³-hybridized carbons (Fsp3) is 0.500. The van der Waals surface area contributed by atoms with Crippen LogP contribution < -0.4 is 5.32 Å². The van der Waals surface area contributed by atoms with E-state index in [1.807, 2.05) is 6.20 Å². The highest BCUT2D eigenvalue weighted by Gasteiger charge is 2.28. The molecule has 1 saturated carbocycles. The number of hydrogen-bond donors (Lipinski definition) is 2. The first kappa shape index (κ1) is 18.5. The highest BCUT2D eigenvalue weighted by Crippen LogP contribution is 2.43. The van der Waals surface area contributed by atoms with Crippen LogP contribution in [0.3, 0.4) is 0 Å². The van der Waals surface area contributed by atoms with E-state index in [1.54, 1.807) is 0 Å². The molecule has 0 spiro atoms. The number of hydrogen-bond acceptors (Lipinski definition) is 5. The number of fused-ring (bicyclic) bond motifs is 1. The van der Waals surface area contributed by atoms with Crippen molar-refractivity contribution >= 4 is 11.0 Å². The van der Waals surface area contributed by atoms with E-state index in [9.17, 15) is 0 Å². The zero-order valence-corrected chi connectivity index (χ0v) is 17.2. The molecule has 156 valence electrons. The average Bonchev–Trinajstić information content (AvgIpc) is 3.58. The summed E-state index contributed by atoms with van der Waals surface area (Å²) in [6.07, 6.45) is 8.77. The van der Waals surface area contributed by atoms with E-state index < -0.39 is 0 Å². The van der Waals surface area contributed by atoms with Gasteiger partial charge in [-0.25, -0.2) is 4.98 Å². The number of aromatic amines is 1. The summed E-state index contributed by atoms with van der Waals surface area (Å²) in [7, 11) is 0. The van der Waals surface area contributed by atoms with Crippen LogP contribution in [0.5, 0.6) is 0 Å². The molecule has 0 unspecified atom stereocenters. The minimum atomic E-state index is 0.141. The van der Waals surface area contributed by atoms with Crippen LogP contribution in [-0.2, 0) is 9.47 Å². The molecule has 6 rings (SSSR count). The summed E-state index contributed by atoms with van der Waals surface area (Å²) in [5, 5.41) is 4.85. The summed E-state index contributed by atoms with van der Waals surface area (Å²) in [5.74, 6) is 1.20. The van der Waals surface area contributed by atoms with Crippen LogP contribution >= 0.6 is 0 Å². The molecule has 2 saturated heterocycles. The summed E-state index contributed by atoms with van der Waals surface area (Å²) in [6.45, 7) is 3.97. The van der Waals surface area contributed by atoms with E-state index in [2.05, 4.69) is 34.7 Å². The van der Waals surface area contributed by atoms with Gasteiger partial charge in [-0.05, 0) is 60.8 Å². The maximum Gasteiger partial charge on any atom is 0.137 e. The van der Waals surface area contributed by atoms with Crippen LogP contribution in [0, 0.1) is 0 Å². The topological polar surface area (TPSA) is 72.1 Å². The second kappa shape index (κ2) is 7.76.